The van der Waals surface area contributed by atoms with Crippen LogP contribution in [0.1, 0.15) is 20.8 Å². The van der Waals surface area contributed by atoms with Gasteiger partial charge in [0.1, 0.15) is 11.2 Å². The normalized spacial score (nSPS) is 10.6. The molecule has 0 aliphatic carbocycles. The second-order valence-corrected chi connectivity index (χ2v) is 4.36. The smallest absolute Gasteiger partial charge is 0.354 e. The fourth-order valence-electron chi connectivity index (χ4n) is 1.54. The highest BCUT2D eigenvalue weighted by Gasteiger charge is 2.18. The summed E-state index contributed by atoms with van der Waals surface area (Å²) >= 11 is 3.04. The van der Waals surface area contributed by atoms with Crippen LogP contribution in [-0.2, 0) is 0 Å². The third-order valence-electron chi connectivity index (χ3n) is 2.28. The maximum absolute atomic E-state index is 13.7. The van der Waals surface area contributed by atoms with E-state index in [4.69, 9.17) is 10.2 Å². The van der Waals surface area contributed by atoms with E-state index in [1.54, 1.807) is 0 Å². The summed E-state index contributed by atoms with van der Waals surface area (Å²) in [6.45, 7) is 0. The number of hydrogen-bond acceptors (Lipinski definition) is 3. The lowest BCUT2D eigenvalue weighted by atomic mass is 10.1. The minimum atomic E-state index is -1.42. The van der Waals surface area contributed by atoms with Crippen LogP contribution in [0.25, 0.3) is 10.9 Å². The molecule has 18 heavy (non-hydrogen) atoms. The van der Waals surface area contributed by atoms with Crippen LogP contribution in [0.5, 0.6) is 0 Å². The molecule has 2 rings (SSSR count). The van der Waals surface area contributed by atoms with Gasteiger partial charge in [-0.25, -0.2) is 19.0 Å². The lowest BCUT2D eigenvalue weighted by Gasteiger charge is -2.05. The first-order valence-corrected chi connectivity index (χ1v) is 5.46. The molecule has 2 aromatic rings. The average molecular weight is 314 g/mol. The van der Waals surface area contributed by atoms with Gasteiger partial charge in [0.05, 0.1) is 5.56 Å². The van der Waals surface area contributed by atoms with Crippen molar-refractivity contribution >= 4 is 38.8 Å². The number of nitrogens with zero attached hydrogens (tertiary/aromatic N) is 1. The van der Waals surface area contributed by atoms with Crippen LogP contribution >= 0.6 is 15.9 Å². The van der Waals surface area contributed by atoms with Gasteiger partial charge in [0.2, 0.25) is 0 Å². The van der Waals surface area contributed by atoms with Crippen LogP contribution in [0.2, 0.25) is 0 Å². The van der Waals surface area contributed by atoms with Gasteiger partial charge in [-0.15, -0.1) is 0 Å². The van der Waals surface area contributed by atoms with E-state index in [0.717, 1.165) is 12.1 Å². The number of aromatic nitrogens is 1. The van der Waals surface area contributed by atoms with Crippen LogP contribution in [0, 0.1) is 5.82 Å². The molecule has 0 radical (unpaired) electrons. The van der Waals surface area contributed by atoms with Crippen molar-refractivity contribution in [2.75, 3.05) is 0 Å². The van der Waals surface area contributed by atoms with E-state index in [9.17, 15) is 14.0 Å². The second kappa shape index (κ2) is 4.34. The highest BCUT2D eigenvalue weighted by Crippen LogP contribution is 2.25. The highest BCUT2D eigenvalue weighted by molar-refractivity contribution is 9.10. The number of carboxylic acids is 2. The number of benzene rings is 1. The Bertz CT molecular complexity index is 686. The van der Waals surface area contributed by atoms with Crippen molar-refractivity contribution in [1.82, 2.24) is 4.98 Å². The zero-order chi connectivity index (χ0) is 13.4. The third kappa shape index (κ3) is 2.04. The molecule has 92 valence electrons. The fraction of sp³-hybridized carbons (Fsp3) is 0. The Morgan fingerprint density at radius 1 is 1.17 bits per heavy atom. The molecular weight excluding hydrogens is 309 g/mol. The van der Waals surface area contributed by atoms with E-state index in [1.807, 2.05) is 0 Å². The number of carboxylic acid groups (broad SMARTS) is 2. The topological polar surface area (TPSA) is 87.5 Å². The number of aromatic carboxylic acids is 2. The Morgan fingerprint density at radius 2 is 1.83 bits per heavy atom. The maximum Gasteiger partial charge on any atom is 0.354 e. The van der Waals surface area contributed by atoms with Gasteiger partial charge in [0.15, 0.2) is 5.82 Å². The second-order valence-electron chi connectivity index (χ2n) is 3.45. The summed E-state index contributed by atoms with van der Waals surface area (Å²) in [7, 11) is 0. The van der Waals surface area contributed by atoms with Crippen molar-refractivity contribution in [2.45, 2.75) is 0 Å². The zero-order valence-electron chi connectivity index (χ0n) is 8.65. The van der Waals surface area contributed by atoms with Crippen molar-refractivity contribution < 1.29 is 24.2 Å². The van der Waals surface area contributed by atoms with E-state index < -0.39 is 23.4 Å². The van der Waals surface area contributed by atoms with Crippen LogP contribution in [-0.4, -0.2) is 27.1 Å². The fourth-order valence-corrected chi connectivity index (χ4v) is 1.97. The Hall–Kier alpha value is -2.02. The lowest BCUT2D eigenvalue weighted by molar-refractivity contribution is 0.0691. The summed E-state index contributed by atoms with van der Waals surface area (Å²) in [6, 6.07) is 3.37. The summed E-state index contributed by atoms with van der Waals surface area (Å²) in [5.74, 6) is -3.55. The SMILES string of the molecule is O=C(O)c1cc(C(=O)O)c2cc(Br)cc(F)c2n1. The Kier molecular flexibility index (Phi) is 3.00. The number of hydrogen-bond donors (Lipinski definition) is 2. The third-order valence-corrected chi connectivity index (χ3v) is 2.74. The van der Waals surface area contributed by atoms with Gasteiger partial charge in [0, 0.05) is 9.86 Å². The number of pyridine rings is 1. The molecule has 1 aromatic heterocycles. The van der Waals surface area contributed by atoms with Gasteiger partial charge >= 0.3 is 11.9 Å². The summed E-state index contributed by atoms with van der Waals surface area (Å²) in [5, 5.41) is 17.9. The van der Waals surface area contributed by atoms with E-state index in [-0.39, 0.29) is 16.5 Å². The molecule has 1 heterocycles. The molecule has 0 bridgehead atoms. The molecule has 0 aliphatic rings. The molecule has 0 atom stereocenters. The van der Waals surface area contributed by atoms with Gasteiger partial charge in [0.25, 0.3) is 0 Å². The highest BCUT2D eigenvalue weighted by atomic mass is 79.9. The standard InChI is InChI=1S/C11H5BrFNO4/c12-4-1-5-6(10(15)16)3-8(11(17)18)14-9(5)7(13)2-4/h1-3H,(H,15,16)(H,17,18). The van der Waals surface area contributed by atoms with E-state index in [2.05, 4.69) is 20.9 Å². The van der Waals surface area contributed by atoms with Crippen molar-refractivity contribution in [2.24, 2.45) is 0 Å². The molecule has 0 aliphatic heterocycles. The molecular formula is C11H5BrFNO4. The molecule has 0 saturated carbocycles. The van der Waals surface area contributed by atoms with Gasteiger partial charge in [-0.2, -0.15) is 0 Å². The predicted octanol–water partition coefficient (Wildman–Crippen LogP) is 2.53. The number of fused-ring (bicyclic) bond motifs is 1. The largest absolute Gasteiger partial charge is 0.478 e. The minimum absolute atomic E-state index is 0.0411. The van der Waals surface area contributed by atoms with Gasteiger partial charge < -0.3 is 10.2 Å². The van der Waals surface area contributed by atoms with E-state index in [1.165, 1.54) is 6.07 Å². The summed E-state index contributed by atoms with van der Waals surface area (Å²) in [4.78, 5) is 25.5. The van der Waals surface area contributed by atoms with Gasteiger partial charge in [-0.1, -0.05) is 15.9 Å². The molecule has 0 amide bonds. The number of halogens is 2. The summed E-state index contributed by atoms with van der Waals surface area (Å²) < 4.78 is 14.0. The molecule has 0 spiro atoms. The Labute approximate surface area is 108 Å². The molecule has 0 saturated heterocycles. The van der Waals surface area contributed by atoms with Crippen molar-refractivity contribution in [3.05, 3.63) is 39.7 Å². The molecule has 1 aromatic carbocycles. The van der Waals surface area contributed by atoms with Crippen molar-refractivity contribution in [3.63, 3.8) is 0 Å². The Balaban J connectivity index is 2.94. The first kappa shape index (κ1) is 12.4. The quantitative estimate of drug-likeness (QED) is 0.889. The van der Waals surface area contributed by atoms with Crippen LogP contribution < -0.4 is 0 Å². The molecule has 2 N–H and O–H groups in total. The number of rotatable bonds is 2. The van der Waals surface area contributed by atoms with Gasteiger partial charge in [-0.3, -0.25) is 0 Å². The first-order valence-electron chi connectivity index (χ1n) is 4.66. The zero-order valence-corrected chi connectivity index (χ0v) is 10.2. The molecule has 5 nitrogen and oxygen atoms in total. The Morgan fingerprint density at radius 3 is 2.39 bits per heavy atom. The average Bonchev–Trinajstić information content (AvgIpc) is 2.27. The molecule has 0 fully saturated rings. The minimum Gasteiger partial charge on any atom is -0.478 e. The predicted molar refractivity (Wildman–Crippen MR) is 63.3 cm³/mol. The monoisotopic (exact) mass is 313 g/mol. The van der Waals surface area contributed by atoms with Crippen LogP contribution in [0.15, 0.2) is 22.7 Å². The lowest BCUT2D eigenvalue weighted by Crippen LogP contribution is -2.07. The summed E-state index contributed by atoms with van der Waals surface area (Å²) in [5.41, 5.74) is -1.10. The van der Waals surface area contributed by atoms with E-state index >= 15 is 0 Å². The first-order chi connectivity index (χ1) is 8.40. The van der Waals surface area contributed by atoms with Crippen molar-refractivity contribution in [1.29, 1.82) is 0 Å². The van der Waals surface area contributed by atoms with Crippen LogP contribution in [0.3, 0.4) is 0 Å². The van der Waals surface area contributed by atoms with Gasteiger partial charge in [-0.05, 0) is 18.2 Å². The maximum atomic E-state index is 13.7. The summed E-state index contributed by atoms with van der Waals surface area (Å²) in [6.07, 6.45) is 0. The van der Waals surface area contributed by atoms with E-state index in [0.29, 0.717) is 4.47 Å². The molecule has 0 unspecified atom stereocenters. The van der Waals surface area contributed by atoms with Crippen molar-refractivity contribution in [3.8, 4) is 0 Å². The van der Waals surface area contributed by atoms with Crippen LogP contribution in [0.4, 0.5) is 4.39 Å². The molecule has 7 heteroatoms. The number of carbonyl (C=O) groups is 2.